The van der Waals surface area contributed by atoms with Gasteiger partial charge in [-0.3, -0.25) is 15.1 Å². The Morgan fingerprint density at radius 1 is 1.30 bits per heavy atom. The molecule has 0 unspecified atom stereocenters. The summed E-state index contributed by atoms with van der Waals surface area (Å²) in [5, 5.41) is 2.77. The van der Waals surface area contributed by atoms with Crippen molar-refractivity contribution in [2.45, 2.75) is 6.92 Å². The summed E-state index contributed by atoms with van der Waals surface area (Å²) in [7, 11) is 1.85. The predicted molar refractivity (Wildman–Crippen MR) is 93.5 cm³/mol. The molecule has 0 saturated heterocycles. The fraction of sp³-hybridized carbons (Fsp3) is 0.125. The highest BCUT2D eigenvalue weighted by Gasteiger charge is 2.14. The van der Waals surface area contributed by atoms with E-state index < -0.39 is 0 Å². The molecule has 0 fully saturated rings. The quantitative estimate of drug-likeness (QED) is 0.721. The molecule has 1 aromatic carbocycles. The molecule has 0 aliphatic rings. The maximum atomic E-state index is 12.4. The minimum atomic E-state index is -0.363. The number of nitrogens with zero attached hydrogens (tertiary/aromatic N) is 3. The van der Waals surface area contributed by atoms with E-state index in [1.54, 1.807) is 12.1 Å². The van der Waals surface area contributed by atoms with Crippen molar-refractivity contribution in [2.75, 3.05) is 5.32 Å². The summed E-state index contributed by atoms with van der Waals surface area (Å²) in [5.74, 6) is 0.0938. The van der Waals surface area contributed by atoms with Crippen LogP contribution in [0.2, 0.25) is 0 Å². The third-order valence-electron chi connectivity index (χ3n) is 3.54. The van der Waals surface area contributed by atoms with Gasteiger partial charge in [-0.1, -0.05) is 18.3 Å². The van der Waals surface area contributed by atoms with Crippen molar-refractivity contribution < 1.29 is 4.79 Å². The number of aryl methyl sites for hydroxylation is 2. The van der Waals surface area contributed by atoms with E-state index in [0.29, 0.717) is 11.5 Å². The van der Waals surface area contributed by atoms with Crippen LogP contribution in [0.25, 0.3) is 11.0 Å². The average molecular weight is 325 g/mol. The lowest BCUT2D eigenvalue weighted by Gasteiger charge is -2.05. The number of aromatic nitrogens is 3. The molecule has 0 spiro atoms. The molecule has 1 amide bonds. The van der Waals surface area contributed by atoms with Crippen LogP contribution in [0.15, 0.2) is 36.5 Å². The first kappa shape index (κ1) is 15.1. The van der Waals surface area contributed by atoms with E-state index in [0.717, 1.165) is 16.6 Å². The Bertz CT molecular complexity index is 931. The van der Waals surface area contributed by atoms with E-state index in [-0.39, 0.29) is 16.6 Å². The van der Waals surface area contributed by atoms with Crippen LogP contribution in [0.4, 0.5) is 5.95 Å². The first-order valence-corrected chi connectivity index (χ1v) is 7.37. The maximum absolute atomic E-state index is 12.4. The van der Waals surface area contributed by atoms with Gasteiger partial charge in [0.25, 0.3) is 5.91 Å². The third kappa shape index (κ3) is 2.91. The number of imidazole rings is 1. The third-order valence-corrected chi connectivity index (χ3v) is 3.77. The van der Waals surface area contributed by atoms with Crippen LogP contribution < -0.4 is 11.1 Å². The minimum Gasteiger partial charge on any atom is -0.389 e. The number of hydrogen-bond donors (Lipinski definition) is 2. The molecule has 116 valence electrons. The molecule has 6 nitrogen and oxygen atoms in total. The smallest absolute Gasteiger partial charge is 0.276 e. The number of benzene rings is 1. The van der Waals surface area contributed by atoms with Crippen molar-refractivity contribution in [2.24, 2.45) is 12.8 Å². The molecule has 3 N–H and O–H groups in total. The number of thiocarbonyl (C=S) groups is 1. The summed E-state index contributed by atoms with van der Waals surface area (Å²) < 4.78 is 1.82. The van der Waals surface area contributed by atoms with Crippen LogP contribution in [0.1, 0.15) is 21.6 Å². The van der Waals surface area contributed by atoms with E-state index in [2.05, 4.69) is 15.3 Å². The highest BCUT2D eigenvalue weighted by atomic mass is 32.1. The van der Waals surface area contributed by atoms with Gasteiger partial charge in [-0.05, 0) is 36.8 Å². The van der Waals surface area contributed by atoms with E-state index >= 15 is 0 Å². The minimum absolute atomic E-state index is 0.222. The Morgan fingerprint density at radius 3 is 2.83 bits per heavy atom. The number of anilines is 1. The molecule has 0 radical (unpaired) electrons. The molecule has 0 saturated carbocycles. The fourth-order valence-corrected chi connectivity index (χ4v) is 2.42. The molecule has 0 bridgehead atoms. The molecule has 23 heavy (non-hydrogen) atoms. The number of hydrogen-bond acceptors (Lipinski definition) is 4. The molecular formula is C16H15N5OS. The van der Waals surface area contributed by atoms with Crippen LogP contribution in [0.3, 0.4) is 0 Å². The van der Waals surface area contributed by atoms with E-state index in [1.165, 1.54) is 6.20 Å². The summed E-state index contributed by atoms with van der Waals surface area (Å²) in [6.07, 6.45) is 1.50. The standard InChI is InChI=1S/C16H15N5OS/c1-9-3-4-13-11(7-9)19-16(21(13)2)20-15(22)12-8-10(14(17)23)5-6-18-12/h3-8H,1-2H3,(H2,17,23)(H,19,20,22). The molecule has 2 heterocycles. The summed E-state index contributed by atoms with van der Waals surface area (Å²) in [6, 6.07) is 9.17. The second kappa shape index (κ2) is 5.77. The van der Waals surface area contributed by atoms with Crippen LogP contribution >= 0.6 is 12.2 Å². The first-order valence-electron chi connectivity index (χ1n) is 6.96. The monoisotopic (exact) mass is 325 g/mol. The Balaban J connectivity index is 1.92. The first-order chi connectivity index (χ1) is 11.0. The van der Waals surface area contributed by atoms with Crippen molar-refractivity contribution >= 4 is 40.1 Å². The lowest BCUT2D eigenvalue weighted by atomic mass is 10.2. The Labute approximate surface area is 138 Å². The maximum Gasteiger partial charge on any atom is 0.276 e. The highest BCUT2D eigenvalue weighted by Crippen LogP contribution is 2.19. The average Bonchev–Trinajstić information content (AvgIpc) is 2.82. The van der Waals surface area contributed by atoms with Gasteiger partial charge in [-0.15, -0.1) is 0 Å². The predicted octanol–water partition coefficient (Wildman–Crippen LogP) is 2.16. The number of nitrogens with two attached hydrogens (primary N) is 1. The molecule has 7 heteroatoms. The summed E-state index contributed by atoms with van der Waals surface area (Å²) in [4.78, 5) is 21.1. The number of pyridine rings is 1. The number of rotatable bonds is 3. The second-order valence-corrected chi connectivity index (χ2v) is 5.67. The van der Waals surface area contributed by atoms with Gasteiger partial charge in [0.15, 0.2) is 0 Å². The van der Waals surface area contributed by atoms with Crippen LogP contribution in [-0.4, -0.2) is 25.4 Å². The van der Waals surface area contributed by atoms with Crippen LogP contribution in [0.5, 0.6) is 0 Å². The molecule has 3 aromatic rings. The van der Waals surface area contributed by atoms with Gasteiger partial charge in [0.1, 0.15) is 10.7 Å². The van der Waals surface area contributed by atoms with E-state index in [4.69, 9.17) is 18.0 Å². The zero-order valence-electron chi connectivity index (χ0n) is 12.7. The van der Waals surface area contributed by atoms with Crippen LogP contribution in [-0.2, 0) is 7.05 Å². The molecule has 0 atom stereocenters. The van der Waals surface area contributed by atoms with Gasteiger partial charge in [0.2, 0.25) is 5.95 Å². The van der Waals surface area contributed by atoms with Gasteiger partial charge in [-0.2, -0.15) is 0 Å². The van der Waals surface area contributed by atoms with Gasteiger partial charge < -0.3 is 10.3 Å². The summed E-state index contributed by atoms with van der Waals surface area (Å²) in [6.45, 7) is 2.00. The van der Waals surface area contributed by atoms with Crippen molar-refractivity contribution in [3.8, 4) is 0 Å². The lowest BCUT2D eigenvalue weighted by Crippen LogP contribution is -2.18. The molecule has 2 aromatic heterocycles. The van der Waals surface area contributed by atoms with Gasteiger partial charge in [-0.25, -0.2) is 4.98 Å². The number of carbonyl (C=O) groups is 1. The van der Waals surface area contributed by atoms with Crippen molar-refractivity contribution in [1.29, 1.82) is 0 Å². The molecule has 3 rings (SSSR count). The molecule has 0 aliphatic carbocycles. The zero-order chi connectivity index (χ0) is 16.6. The summed E-state index contributed by atoms with van der Waals surface area (Å²) >= 11 is 4.92. The SMILES string of the molecule is Cc1ccc2c(c1)nc(NC(=O)c1cc(C(N)=S)ccn1)n2C. The van der Waals surface area contributed by atoms with Gasteiger partial charge >= 0.3 is 0 Å². The van der Waals surface area contributed by atoms with Crippen molar-refractivity contribution in [3.63, 3.8) is 0 Å². The highest BCUT2D eigenvalue weighted by molar-refractivity contribution is 7.80. The van der Waals surface area contributed by atoms with Gasteiger partial charge in [0, 0.05) is 18.8 Å². The number of nitrogens with one attached hydrogen (secondary N) is 1. The summed E-state index contributed by atoms with van der Waals surface area (Å²) in [5.41, 5.74) is 9.29. The molecule has 0 aliphatic heterocycles. The largest absolute Gasteiger partial charge is 0.389 e. The Morgan fingerprint density at radius 2 is 2.09 bits per heavy atom. The van der Waals surface area contributed by atoms with E-state index in [9.17, 15) is 4.79 Å². The van der Waals surface area contributed by atoms with Gasteiger partial charge in [0.05, 0.1) is 11.0 Å². The number of carbonyl (C=O) groups excluding carboxylic acids is 1. The second-order valence-electron chi connectivity index (χ2n) is 5.23. The lowest BCUT2D eigenvalue weighted by molar-refractivity contribution is 0.102. The number of fused-ring (bicyclic) bond motifs is 1. The fourth-order valence-electron chi connectivity index (χ4n) is 2.30. The molecular weight excluding hydrogens is 310 g/mol. The van der Waals surface area contributed by atoms with E-state index in [1.807, 2.05) is 36.7 Å². The zero-order valence-corrected chi connectivity index (χ0v) is 13.5. The Kier molecular flexibility index (Phi) is 3.79. The van der Waals surface area contributed by atoms with Crippen molar-refractivity contribution in [1.82, 2.24) is 14.5 Å². The van der Waals surface area contributed by atoms with Crippen molar-refractivity contribution in [3.05, 3.63) is 53.3 Å². The normalized spacial score (nSPS) is 10.7. The number of amides is 1. The van der Waals surface area contributed by atoms with Crippen LogP contribution in [0, 0.1) is 6.92 Å². The Hall–Kier alpha value is -2.80. The topological polar surface area (TPSA) is 85.8 Å².